The minimum absolute atomic E-state index is 0.0308. The third-order valence-electron chi connectivity index (χ3n) is 5.83. The second-order valence-corrected chi connectivity index (χ2v) is 8.37. The molecule has 200 valence electrons. The van der Waals surface area contributed by atoms with Gasteiger partial charge < -0.3 is 24.8 Å². The SMILES string of the molecule is O=C(NCC1CN(c2ccc(N3CCNN(C(=O)CNCc4cnoc4)CC3)c(F)c2)C(=O)O1)C(F)F. The van der Waals surface area contributed by atoms with Crippen molar-refractivity contribution in [1.29, 1.82) is 0 Å². The molecule has 2 aromatic rings. The molecule has 2 aliphatic rings. The normalized spacial score (nSPS) is 18.2. The molecule has 0 spiro atoms. The number of cyclic esters (lactones) is 1. The van der Waals surface area contributed by atoms with E-state index in [0.29, 0.717) is 38.4 Å². The Bertz CT molecular complexity index is 1100. The summed E-state index contributed by atoms with van der Waals surface area (Å²) in [6.07, 6.45) is -1.74. The summed E-state index contributed by atoms with van der Waals surface area (Å²) >= 11 is 0. The van der Waals surface area contributed by atoms with Gasteiger partial charge >= 0.3 is 12.5 Å². The van der Waals surface area contributed by atoms with E-state index in [1.165, 1.54) is 28.3 Å². The van der Waals surface area contributed by atoms with E-state index in [1.54, 1.807) is 17.2 Å². The molecule has 3 amide bonds. The molecule has 15 heteroatoms. The van der Waals surface area contributed by atoms with Gasteiger partial charge in [-0.25, -0.2) is 14.6 Å². The second-order valence-electron chi connectivity index (χ2n) is 8.37. The molecule has 0 saturated carbocycles. The summed E-state index contributed by atoms with van der Waals surface area (Å²) in [7, 11) is 0. The van der Waals surface area contributed by atoms with Crippen LogP contribution in [-0.2, 0) is 20.9 Å². The van der Waals surface area contributed by atoms with Crippen LogP contribution in [0.1, 0.15) is 5.56 Å². The van der Waals surface area contributed by atoms with E-state index in [1.807, 2.05) is 5.32 Å². The van der Waals surface area contributed by atoms with E-state index in [2.05, 4.69) is 15.9 Å². The van der Waals surface area contributed by atoms with Crippen LogP contribution in [0.15, 0.2) is 35.2 Å². The van der Waals surface area contributed by atoms with Crippen molar-refractivity contribution in [2.24, 2.45) is 0 Å². The zero-order valence-electron chi connectivity index (χ0n) is 19.7. The molecule has 0 bridgehead atoms. The van der Waals surface area contributed by atoms with E-state index in [9.17, 15) is 23.2 Å². The predicted octanol–water partition coefficient (Wildman–Crippen LogP) is 0.463. The molecule has 2 aliphatic heterocycles. The highest BCUT2D eigenvalue weighted by atomic mass is 19.3. The summed E-state index contributed by atoms with van der Waals surface area (Å²) in [6, 6.07) is 4.27. The fraction of sp³-hybridized carbons (Fsp3) is 0.455. The lowest BCUT2D eigenvalue weighted by atomic mass is 10.2. The summed E-state index contributed by atoms with van der Waals surface area (Å²) in [4.78, 5) is 38.7. The summed E-state index contributed by atoms with van der Waals surface area (Å²) in [5.41, 5.74) is 4.40. The molecule has 2 fully saturated rings. The molecule has 4 rings (SSSR count). The van der Waals surface area contributed by atoms with Gasteiger partial charge in [0.2, 0.25) is 0 Å². The van der Waals surface area contributed by atoms with Crippen LogP contribution in [-0.4, -0.2) is 86.4 Å². The van der Waals surface area contributed by atoms with Crippen LogP contribution in [0.5, 0.6) is 0 Å². The molecule has 1 aromatic carbocycles. The number of hydrogen-bond acceptors (Lipinski definition) is 9. The van der Waals surface area contributed by atoms with Crippen molar-refractivity contribution in [2.45, 2.75) is 19.1 Å². The summed E-state index contributed by atoms with van der Waals surface area (Å²) in [5.74, 6) is -2.20. The number of halogens is 3. The standard InChI is InChI=1S/C22H26F3N7O5/c23-17-7-15(31-12-16(37-22(31)35)10-27-21(34)20(24)25)1-2-18(17)30-4-3-28-32(6-5-30)19(33)11-26-8-14-9-29-36-13-14/h1-2,7,9,13,16,20,26,28H,3-6,8,10-12H2,(H,27,34). The minimum atomic E-state index is -3.17. The average molecular weight is 525 g/mol. The maximum atomic E-state index is 15.1. The number of hydrogen-bond donors (Lipinski definition) is 3. The van der Waals surface area contributed by atoms with Gasteiger partial charge in [0.25, 0.3) is 11.8 Å². The number of anilines is 2. The van der Waals surface area contributed by atoms with E-state index in [4.69, 9.17) is 9.26 Å². The van der Waals surface area contributed by atoms with E-state index < -0.39 is 30.3 Å². The Morgan fingerprint density at radius 2 is 2.08 bits per heavy atom. The first-order chi connectivity index (χ1) is 17.8. The van der Waals surface area contributed by atoms with Crippen LogP contribution in [0.25, 0.3) is 0 Å². The van der Waals surface area contributed by atoms with Crippen LogP contribution in [0.3, 0.4) is 0 Å². The number of alkyl halides is 2. The third-order valence-corrected chi connectivity index (χ3v) is 5.83. The third kappa shape index (κ3) is 6.68. The van der Waals surface area contributed by atoms with Gasteiger partial charge in [-0.15, -0.1) is 0 Å². The molecule has 1 atom stereocenters. The van der Waals surface area contributed by atoms with E-state index >= 15 is 4.39 Å². The van der Waals surface area contributed by atoms with Gasteiger partial charge in [-0.3, -0.25) is 19.5 Å². The smallest absolute Gasteiger partial charge is 0.414 e. The Balaban J connectivity index is 1.30. The zero-order chi connectivity index (χ0) is 26.4. The van der Waals surface area contributed by atoms with Crippen LogP contribution in [0, 0.1) is 5.82 Å². The first kappa shape index (κ1) is 26.2. The highest BCUT2D eigenvalue weighted by molar-refractivity contribution is 5.90. The monoisotopic (exact) mass is 525 g/mol. The number of carbonyl (C=O) groups is 3. The summed E-state index contributed by atoms with van der Waals surface area (Å²) < 4.78 is 49.6. The maximum absolute atomic E-state index is 15.1. The molecule has 1 aromatic heterocycles. The summed E-state index contributed by atoms with van der Waals surface area (Å²) in [5, 5.41) is 10.1. The Morgan fingerprint density at radius 3 is 2.81 bits per heavy atom. The van der Waals surface area contributed by atoms with Gasteiger partial charge in [-0.1, -0.05) is 5.16 Å². The average Bonchev–Trinajstić information content (AvgIpc) is 3.45. The number of carbonyl (C=O) groups excluding carboxylic acids is 3. The fourth-order valence-electron chi connectivity index (χ4n) is 3.96. The largest absolute Gasteiger partial charge is 0.442 e. The van der Waals surface area contributed by atoms with Gasteiger partial charge in [0, 0.05) is 31.7 Å². The second kappa shape index (κ2) is 11.9. The Morgan fingerprint density at radius 1 is 1.24 bits per heavy atom. The Labute approximate surface area is 209 Å². The van der Waals surface area contributed by atoms with Crippen LogP contribution < -0.4 is 25.9 Å². The quantitative estimate of drug-likeness (QED) is 0.427. The number of nitrogens with one attached hydrogen (secondary N) is 3. The molecule has 1 unspecified atom stereocenters. The lowest BCUT2D eigenvalue weighted by Gasteiger charge is -2.24. The number of aromatic nitrogens is 1. The van der Waals surface area contributed by atoms with Crippen LogP contribution in [0.4, 0.5) is 29.3 Å². The molecule has 3 heterocycles. The molecule has 3 N–H and O–H groups in total. The van der Waals surface area contributed by atoms with Crippen molar-refractivity contribution in [3.05, 3.63) is 42.0 Å². The van der Waals surface area contributed by atoms with Gasteiger partial charge in [0.1, 0.15) is 18.2 Å². The van der Waals surface area contributed by atoms with Crippen molar-refractivity contribution in [3.8, 4) is 0 Å². The number of amides is 3. The van der Waals surface area contributed by atoms with Crippen molar-refractivity contribution in [1.82, 2.24) is 26.2 Å². The highest BCUT2D eigenvalue weighted by Crippen LogP contribution is 2.28. The highest BCUT2D eigenvalue weighted by Gasteiger charge is 2.33. The van der Waals surface area contributed by atoms with Gasteiger partial charge in [-0.2, -0.15) is 8.78 Å². The topological polar surface area (TPSA) is 132 Å². The number of ether oxygens (including phenoxy) is 1. The maximum Gasteiger partial charge on any atom is 0.414 e. The first-order valence-corrected chi connectivity index (χ1v) is 11.5. The van der Waals surface area contributed by atoms with Crippen LogP contribution in [0.2, 0.25) is 0 Å². The van der Waals surface area contributed by atoms with E-state index in [-0.39, 0.29) is 31.2 Å². The van der Waals surface area contributed by atoms with Crippen molar-refractivity contribution in [2.75, 3.05) is 55.6 Å². The molecule has 37 heavy (non-hydrogen) atoms. The number of benzene rings is 1. The lowest BCUT2D eigenvalue weighted by Crippen LogP contribution is -2.47. The first-order valence-electron chi connectivity index (χ1n) is 11.5. The summed E-state index contributed by atoms with van der Waals surface area (Å²) in [6.45, 7) is 1.75. The molecule has 12 nitrogen and oxygen atoms in total. The van der Waals surface area contributed by atoms with E-state index in [0.717, 1.165) is 5.56 Å². The van der Waals surface area contributed by atoms with Crippen molar-refractivity contribution >= 4 is 29.3 Å². The Kier molecular flexibility index (Phi) is 8.45. The van der Waals surface area contributed by atoms with Gasteiger partial charge in [0.15, 0.2) is 0 Å². The number of hydrazine groups is 1. The molecular formula is C22H26F3N7O5. The minimum Gasteiger partial charge on any atom is -0.442 e. The molecular weight excluding hydrogens is 499 g/mol. The lowest BCUT2D eigenvalue weighted by molar-refractivity contribution is -0.133. The van der Waals surface area contributed by atoms with Gasteiger partial charge in [-0.05, 0) is 18.2 Å². The number of nitrogens with zero attached hydrogens (tertiary/aromatic N) is 4. The van der Waals surface area contributed by atoms with Crippen molar-refractivity contribution in [3.63, 3.8) is 0 Å². The molecule has 0 aliphatic carbocycles. The van der Waals surface area contributed by atoms with Gasteiger partial charge in [0.05, 0.1) is 43.8 Å². The number of rotatable bonds is 9. The molecule has 0 radical (unpaired) electrons. The predicted molar refractivity (Wildman–Crippen MR) is 123 cm³/mol. The van der Waals surface area contributed by atoms with Crippen LogP contribution >= 0.6 is 0 Å². The fourth-order valence-corrected chi connectivity index (χ4v) is 3.96. The Hall–Kier alpha value is -3.85. The van der Waals surface area contributed by atoms with Crippen molar-refractivity contribution < 1.29 is 36.8 Å². The molecule has 2 saturated heterocycles. The zero-order valence-corrected chi connectivity index (χ0v) is 19.7.